The van der Waals surface area contributed by atoms with Crippen molar-refractivity contribution in [2.45, 2.75) is 51.5 Å². The normalized spacial score (nSPS) is 16.5. The first-order valence-corrected chi connectivity index (χ1v) is 11.6. The Morgan fingerprint density at radius 3 is 2.52 bits per heavy atom. The highest BCUT2D eigenvalue weighted by atomic mass is 35.5. The zero-order valence-corrected chi connectivity index (χ0v) is 18.8. The Hall–Kier alpha value is -2.53. The maximum atomic E-state index is 12.9. The van der Waals surface area contributed by atoms with Crippen LogP contribution in [0.3, 0.4) is 0 Å². The molecule has 0 saturated carbocycles. The van der Waals surface area contributed by atoms with Gasteiger partial charge >= 0.3 is 0 Å². The highest BCUT2D eigenvalue weighted by Gasteiger charge is 2.22. The third-order valence-corrected chi connectivity index (χ3v) is 6.53. The number of nitrogens with one attached hydrogen (secondary N) is 2. The second-order valence-electron chi connectivity index (χ2n) is 8.57. The lowest BCUT2D eigenvalue weighted by molar-refractivity contribution is -0.120. The lowest BCUT2D eigenvalue weighted by Gasteiger charge is -2.21. The van der Waals surface area contributed by atoms with Crippen LogP contribution >= 0.6 is 11.6 Å². The van der Waals surface area contributed by atoms with E-state index in [1.54, 1.807) is 18.2 Å². The number of anilines is 1. The minimum Gasteiger partial charge on any atom is -0.376 e. The van der Waals surface area contributed by atoms with Crippen LogP contribution in [0.5, 0.6) is 0 Å². The van der Waals surface area contributed by atoms with Crippen molar-refractivity contribution < 1.29 is 9.59 Å². The Morgan fingerprint density at radius 2 is 1.74 bits per heavy atom. The fourth-order valence-corrected chi connectivity index (χ4v) is 4.68. The molecule has 1 saturated heterocycles. The van der Waals surface area contributed by atoms with Crippen molar-refractivity contribution in [3.63, 3.8) is 0 Å². The minimum absolute atomic E-state index is 0.0367. The Bertz CT molecular complexity index is 969. The van der Waals surface area contributed by atoms with Gasteiger partial charge in [-0.05, 0) is 80.3 Å². The van der Waals surface area contributed by atoms with Crippen molar-refractivity contribution >= 4 is 29.1 Å². The standard InChI is InChI=1S/C25H30ClN3O2/c1-17(19-9-8-18-6-2-3-7-20(18)14-19)28-24(30)16-27-23-11-10-21(26)15-22(23)25(31)29-12-4-5-13-29/h8-11,14-15,17,27H,2-7,12-13,16H2,1H3,(H,28,30). The molecule has 0 radical (unpaired) electrons. The minimum atomic E-state index is -0.111. The summed E-state index contributed by atoms with van der Waals surface area (Å²) in [7, 11) is 0. The number of carbonyl (C=O) groups is 2. The molecule has 2 N–H and O–H groups in total. The molecule has 2 amide bonds. The number of aryl methyl sites for hydroxylation is 2. The topological polar surface area (TPSA) is 61.4 Å². The largest absolute Gasteiger partial charge is 0.376 e. The van der Waals surface area contributed by atoms with Gasteiger partial charge in [-0.25, -0.2) is 0 Å². The van der Waals surface area contributed by atoms with Crippen molar-refractivity contribution in [2.75, 3.05) is 25.0 Å². The SMILES string of the molecule is CC(NC(=O)CNc1ccc(Cl)cc1C(=O)N1CCCC1)c1ccc2c(c1)CCCC2. The van der Waals surface area contributed by atoms with Gasteiger partial charge in [0.2, 0.25) is 5.91 Å². The molecule has 31 heavy (non-hydrogen) atoms. The first-order valence-electron chi connectivity index (χ1n) is 11.2. The van der Waals surface area contributed by atoms with Crippen LogP contribution in [-0.2, 0) is 17.6 Å². The Labute approximate surface area is 189 Å². The van der Waals surface area contributed by atoms with E-state index < -0.39 is 0 Å². The molecular formula is C25H30ClN3O2. The molecule has 1 heterocycles. The molecule has 4 rings (SSSR count). The molecule has 1 aliphatic carbocycles. The number of amides is 2. The van der Waals surface area contributed by atoms with Crippen molar-refractivity contribution in [2.24, 2.45) is 0 Å². The quantitative estimate of drug-likeness (QED) is 0.683. The molecule has 164 valence electrons. The van der Waals surface area contributed by atoms with Gasteiger partial charge < -0.3 is 15.5 Å². The van der Waals surface area contributed by atoms with Gasteiger partial charge in [0.25, 0.3) is 5.91 Å². The third-order valence-electron chi connectivity index (χ3n) is 6.29. The molecule has 0 spiro atoms. The zero-order chi connectivity index (χ0) is 21.8. The van der Waals surface area contributed by atoms with Gasteiger partial charge in [0, 0.05) is 23.8 Å². The van der Waals surface area contributed by atoms with Crippen LogP contribution in [0.15, 0.2) is 36.4 Å². The molecule has 2 aromatic rings. The highest BCUT2D eigenvalue weighted by Crippen LogP contribution is 2.26. The van der Waals surface area contributed by atoms with Gasteiger partial charge in [0.1, 0.15) is 0 Å². The lowest BCUT2D eigenvalue weighted by Crippen LogP contribution is -2.33. The first kappa shape index (κ1) is 21.7. The van der Waals surface area contributed by atoms with E-state index in [-0.39, 0.29) is 24.4 Å². The summed E-state index contributed by atoms with van der Waals surface area (Å²) in [5, 5.41) is 6.71. The maximum absolute atomic E-state index is 12.9. The van der Waals surface area contributed by atoms with Crippen molar-refractivity contribution in [3.05, 3.63) is 63.7 Å². The van der Waals surface area contributed by atoms with Crippen LogP contribution in [0.1, 0.15) is 65.7 Å². The van der Waals surface area contributed by atoms with E-state index in [0.29, 0.717) is 16.3 Å². The molecule has 2 aliphatic rings. The second kappa shape index (κ2) is 9.73. The summed E-state index contributed by atoms with van der Waals surface area (Å²) >= 11 is 6.14. The summed E-state index contributed by atoms with van der Waals surface area (Å²) in [6.07, 6.45) is 6.82. The predicted molar refractivity (Wildman–Crippen MR) is 125 cm³/mol. The van der Waals surface area contributed by atoms with Crippen molar-refractivity contribution in [3.8, 4) is 0 Å². The van der Waals surface area contributed by atoms with Crippen LogP contribution in [-0.4, -0.2) is 36.3 Å². The number of nitrogens with zero attached hydrogens (tertiary/aromatic N) is 1. The smallest absolute Gasteiger partial charge is 0.256 e. The summed E-state index contributed by atoms with van der Waals surface area (Å²) in [5.41, 5.74) is 5.13. The van der Waals surface area contributed by atoms with Gasteiger partial charge in [-0.15, -0.1) is 0 Å². The van der Waals surface area contributed by atoms with Gasteiger partial charge in [-0.3, -0.25) is 9.59 Å². The summed E-state index contributed by atoms with van der Waals surface area (Å²) in [6.45, 7) is 3.64. The number of carbonyl (C=O) groups excluding carboxylic acids is 2. The molecule has 1 fully saturated rings. The number of benzene rings is 2. The summed E-state index contributed by atoms with van der Waals surface area (Å²) in [4.78, 5) is 27.3. The summed E-state index contributed by atoms with van der Waals surface area (Å²) < 4.78 is 0. The number of rotatable bonds is 6. The average molecular weight is 440 g/mol. The van der Waals surface area contributed by atoms with E-state index in [9.17, 15) is 9.59 Å². The van der Waals surface area contributed by atoms with Crippen molar-refractivity contribution in [1.29, 1.82) is 0 Å². The average Bonchev–Trinajstić information content (AvgIpc) is 3.32. The van der Waals surface area contributed by atoms with E-state index in [2.05, 4.69) is 28.8 Å². The molecule has 1 atom stereocenters. The Kier molecular flexibility index (Phi) is 6.81. The summed E-state index contributed by atoms with van der Waals surface area (Å²) in [6, 6.07) is 11.7. The second-order valence-corrected chi connectivity index (χ2v) is 9.00. The van der Waals surface area contributed by atoms with Crippen molar-refractivity contribution in [1.82, 2.24) is 10.2 Å². The fraction of sp³-hybridized carbons (Fsp3) is 0.440. The number of hydrogen-bond acceptors (Lipinski definition) is 3. The lowest BCUT2D eigenvalue weighted by atomic mass is 9.89. The number of hydrogen-bond donors (Lipinski definition) is 2. The van der Waals surface area contributed by atoms with Gasteiger partial charge in [-0.2, -0.15) is 0 Å². The van der Waals surface area contributed by atoms with Gasteiger partial charge in [0.15, 0.2) is 0 Å². The molecule has 2 aromatic carbocycles. The van der Waals surface area contributed by atoms with E-state index in [0.717, 1.165) is 44.3 Å². The van der Waals surface area contributed by atoms with E-state index in [1.165, 1.54) is 24.0 Å². The predicted octanol–water partition coefficient (Wildman–Crippen LogP) is 4.74. The van der Waals surface area contributed by atoms with Crippen LogP contribution in [0.4, 0.5) is 5.69 Å². The molecule has 1 unspecified atom stereocenters. The molecule has 0 bridgehead atoms. The first-order chi connectivity index (χ1) is 15.0. The van der Waals surface area contributed by atoms with E-state index in [4.69, 9.17) is 11.6 Å². The van der Waals surface area contributed by atoms with Crippen LogP contribution in [0.25, 0.3) is 0 Å². The van der Waals surface area contributed by atoms with E-state index in [1.807, 2.05) is 11.8 Å². The van der Waals surface area contributed by atoms with Crippen LogP contribution in [0.2, 0.25) is 5.02 Å². The molecule has 1 aliphatic heterocycles. The number of halogens is 1. The maximum Gasteiger partial charge on any atom is 0.256 e. The molecule has 5 nitrogen and oxygen atoms in total. The zero-order valence-electron chi connectivity index (χ0n) is 18.0. The number of likely N-dealkylation sites (tertiary alicyclic amines) is 1. The van der Waals surface area contributed by atoms with Crippen LogP contribution in [0, 0.1) is 0 Å². The molecule has 6 heteroatoms. The van der Waals surface area contributed by atoms with E-state index >= 15 is 0 Å². The Balaban J connectivity index is 1.38. The van der Waals surface area contributed by atoms with Crippen LogP contribution < -0.4 is 10.6 Å². The monoisotopic (exact) mass is 439 g/mol. The van der Waals surface area contributed by atoms with Gasteiger partial charge in [0.05, 0.1) is 18.2 Å². The third kappa shape index (κ3) is 5.21. The Morgan fingerprint density at radius 1 is 1.00 bits per heavy atom. The van der Waals surface area contributed by atoms with Gasteiger partial charge in [-0.1, -0.05) is 29.8 Å². The molecular weight excluding hydrogens is 410 g/mol. The highest BCUT2D eigenvalue weighted by molar-refractivity contribution is 6.31. The fourth-order valence-electron chi connectivity index (χ4n) is 4.51. The molecule has 0 aromatic heterocycles. The number of fused-ring (bicyclic) bond motifs is 1. The summed E-state index contributed by atoms with van der Waals surface area (Å²) in [5.74, 6) is -0.148.